The highest BCUT2D eigenvalue weighted by Crippen LogP contribution is 2.16. The monoisotopic (exact) mass is 468 g/mol. The van der Waals surface area contributed by atoms with Crippen molar-refractivity contribution in [3.8, 4) is 0 Å². The summed E-state index contributed by atoms with van der Waals surface area (Å²) in [5.41, 5.74) is 0.984. The van der Waals surface area contributed by atoms with Crippen molar-refractivity contribution in [3.05, 3.63) is 59.4 Å². The summed E-state index contributed by atoms with van der Waals surface area (Å²) in [4.78, 5) is 26.7. The largest absolute Gasteiger partial charge is 0.481 e. The maximum atomic E-state index is 12.3. The number of aromatic nitrogens is 1. The molecule has 0 radical (unpaired) electrons. The summed E-state index contributed by atoms with van der Waals surface area (Å²) in [5.74, 6) is -2.03. The molecule has 0 amide bonds. The van der Waals surface area contributed by atoms with E-state index in [4.69, 9.17) is 21.4 Å². The summed E-state index contributed by atoms with van der Waals surface area (Å²) in [6.07, 6.45) is 5.02. The predicted molar refractivity (Wildman–Crippen MR) is 115 cm³/mol. The van der Waals surface area contributed by atoms with E-state index in [1.807, 2.05) is 12.1 Å². The predicted octanol–water partition coefficient (Wildman–Crippen LogP) is 3.20. The topological polar surface area (TPSA) is 123 Å². The Morgan fingerprint density at radius 1 is 1.13 bits per heavy atom. The lowest BCUT2D eigenvalue weighted by Crippen LogP contribution is -2.25. The number of rotatable bonds is 13. The van der Waals surface area contributed by atoms with E-state index in [-0.39, 0.29) is 11.4 Å². The molecule has 1 aromatic heterocycles. The number of benzene rings is 1. The zero-order valence-corrected chi connectivity index (χ0v) is 18.4. The Hall–Kier alpha value is -2.49. The van der Waals surface area contributed by atoms with Gasteiger partial charge in [-0.15, -0.1) is 0 Å². The van der Waals surface area contributed by atoms with E-state index in [9.17, 15) is 18.0 Å². The first-order chi connectivity index (χ1) is 14.8. The van der Waals surface area contributed by atoms with Crippen LogP contribution < -0.4 is 4.72 Å². The van der Waals surface area contributed by atoms with Crippen molar-refractivity contribution in [2.45, 2.75) is 49.5 Å². The minimum Gasteiger partial charge on any atom is -0.481 e. The van der Waals surface area contributed by atoms with Gasteiger partial charge in [0.2, 0.25) is 10.0 Å². The Morgan fingerprint density at radius 2 is 1.87 bits per heavy atom. The maximum absolute atomic E-state index is 12.3. The fourth-order valence-corrected chi connectivity index (χ4v) is 4.09. The van der Waals surface area contributed by atoms with Crippen molar-refractivity contribution in [2.75, 3.05) is 6.54 Å². The first-order valence-electron chi connectivity index (χ1n) is 9.81. The molecule has 0 saturated carbocycles. The van der Waals surface area contributed by atoms with E-state index >= 15 is 0 Å². The second-order valence-corrected chi connectivity index (χ2v) is 9.13. The number of pyridine rings is 1. The number of carboxylic acids is 1. The Bertz CT molecular complexity index is 952. The molecule has 1 unspecified atom stereocenters. The number of carbonyl (C=O) groups excluding carboxylic acids is 1. The molecule has 0 spiro atoms. The summed E-state index contributed by atoms with van der Waals surface area (Å²) in [6.45, 7) is 0.226. The van der Waals surface area contributed by atoms with Crippen LogP contribution in [0.1, 0.15) is 37.7 Å². The fourth-order valence-electron chi connectivity index (χ4n) is 2.89. The fraction of sp³-hybridized carbons (Fsp3) is 0.381. The second-order valence-electron chi connectivity index (χ2n) is 6.93. The normalized spacial score (nSPS) is 12.3. The van der Waals surface area contributed by atoms with Crippen LogP contribution in [0.15, 0.2) is 53.7 Å². The number of nitrogens with zero attached hydrogens (tertiary/aromatic N) is 1. The second kappa shape index (κ2) is 12.4. The lowest BCUT2D eigenvalue weighted by Gasteiger charge is -2.18. The third-order valence-electron chi connectivity index (χ3n) is 4.44. The first kappa shape index (κ1) is 24.8. The van der Waals surface area contributed by atoms with Gasteiger partial charge >= 0.3 is 11.9 Å². The van der Waals surface area contributed by atoms with Crippen molar-refractivity contribution in [1.82, 2.24) is 9.71 Å². The van der Waals surface area contributed by atoms with Crippen LogP contribution in [0.2, 0.25) is 5.02 Å². The van der Waals surface area contributed by atoms with E-state index in [1.165, 1.54) is 24.3 Å². The molecule has 0 bridgehead atoms. The summed E-state index contributed by atoms with van der Waals surface area (Å²) < 4.78 is 32.4. The van der Waals surface area contributed by atoms with Crippen LogP contribution in [0, 0.1) is 0 Å². The molecule has 31 heavy (non-hydrogen) atoms. The van der Waals surface area contributed by atoms with Gasteiger partial charge in [0, 0.05) is 24.0 Å². The molecule has 0 aliphatic rings. The lowest BCUT2D eigenvalue weighted by atomic mass is 10.0. The molecule has 0 fully saturated rings. The van der Waals surface area contributed by atoms with Gasteiger partial charge < -0.3 is 9.84 Å². The number of hydrogen-bond donors (Lipinski definition) is 2. The molecule has 1 aromatic carbocycles. The molecule has 1 heterocycles. The standard InChI is InChI=1S/C21H25ClN2O6S/c22-17-7-10-19(11-8-17)31(28,29)24-13-2-1-5-18(30-21(27)14-20(25)26)9-6-16-4-3-12-23-15-16/h3-4,7-8,10-12,15,18,24H,1-2,5-6,9,13-14H2,(H,25,26). The molecule has 0 saturated heterocycles. The van der Waals surface area contributed by atoms with Crippen LogP contribution in [-0.2, 0) is 30.8 Å². The minimum absolute atomic E-state index is 0.133. The van der Waals surface area contributed by atoms with Crippen LogP contribution in [-0.4, -0.2) is 43.1 Å². The van der Waals surface area contributed by atoms with Gasteiger partial charge in [0.1, 0.15) is 12.5 Å². The molecular formula is C21H25ClN2O6S. The lowest BCUT2D eigenvalue weighted by molar-refractivity contribution is -0.155. The zero-order chi connectivity index (χ0) is 22.7. The molecule has 10 heteroatoms. The number of halogens is 1. The molecule has 2 aromatic rings. The number of carboxylic acid groups (broad SMARTS) is 1. The minimum atomic E-state index is -3.62. The molecule has 168 valence electrons. The molecule has 8 nitrogen and oxygen atoms in total. The summed E-state index contributed by atoms with van der Waals surface area (Å²) in [5, 5.41) is 9.21. The van der Waals surface area contributed by atoms with Gasteiger partial charge in [-0.25, -0.2) is 13.1 Å². The Labute approximate surface area is 186 Å². The van der Waals surface area contributed by atoms with E-state index in [0.29, 0.717) is 37.1 Å². The van der Waals surface area contributed by atoms with Gasteiger partial charge in [0.15, 0.2) is 0 Å². The summed E-state index contributed by atoms with van der Waals surface area (Å²) >= 11 is 5.78. The Balaban J connectivity index is 1.81. The number of sulfonamides is 1. The first-order valence-corrected chi connectivity index (χ1v) is 11.7. The molecule has 0 aliphatic heterocycles. The van der Waals surface area contributed by atoms with Gasteiger partial charge in [-0.2, -0.15) is 0 Å². The van der Waals surface area contributed by atoms with E-state index in [2.05, 4.69) is 9.71 Å². The van der Waals surface area contributed by atoms with Crippen LogP contribution in [0.3, 0.4) is 0 Å². The number of esters is 1. The summed E-state index contributed by atoms with van der Waals surface area (Å²) in [7, 11) is -3.62. The van der Waals surface area contributed by atoms with E-state index in [1.54, 1.807) is 12.4 Å². The Morgan fingerprint density at radius 3 is 2.52 bits per heavy atom. The van der Waals surface area contributed by atoms with Crippen molar-refractivity contribution >= 4 is 33.6 Å². The Kier molecular flexibility index (Phi) is 9.90. The van der Waals surface area contributed by atoms with Gasteiger partial charge in [0.05, 0.1) is 4.90 Å². The molecule has 2 N–H and O–H groups in total. The highest BCUT2D eigenvalue weighted by Gasteiger charge is 2.18. The quantitative estimate of drug-likeness (QED) is 0.263. The van der Waals surface area contributed by atoms with Crippen LogP contribution in [0.5, 0.6) is 0 Å². The number of unbranched alkanes of at least 4 members (excludes halogenated alkanes) is 1. The van der Waals surface area contributed by atoms with Crippen molar-refractivity contribution in [3.63, 3.8) is 0 Å². The van der Waals surface area contributed by atoms with Crippen molar-refractivity contribution in [2.24, 2.45) is 0 Å². The molecule has 1 atom stereocenters. The SMILES string of the molecule is O=C(O)CC(=O)OC(CCCCNS(=O)(=O)c1ccc(Cl)cc1)CCc1cccnc1. The number of aryl methyl sites for hydroxylation is 1. The van der Waals surface area contributed by atoms with Gasteiger partial charge in [-0.05, 0) is 68.0 Å². The molecular weight excluding hydrogens is 444 g/mol. The maximum Gasteiger partial charge on any atom is 0.317 e. The molecule has 2 rings (SSSR count). The zero-order valence-electron chi connectivity index (χ0n) is 16.9. The average molecular weight is 469 g/mol. The van der Waals surface area contributed by atoms with Crippen LogP contribution >= 0.6 is 11.6 Å². The number of ether oxygens (including phenoxy) is 1. The number of nitrogens with one attached hydrogen (secondary N) is 1. The highest BCUT2D eigenvalue weighted by atomic mass is 35.5. The van der Waals surface area contributed by atoms with Gasteiger partial charge in [-0.1, -0.05) is 17.7 Å². The van der Waals surface area contributed by atoms with E-state index in [0.717, 1.165) is 5.56 Å². The number of hydrogen-bond acceptors (Lipinski definition) is 6. The summed E-state index contributed by atoms with van der Waals surface area (Å²) in [6, 6.07) is 9.60. The number of carbonyl (C=O) groups is 2. The van der Waals surface area contributed by atoms with Crippen LogP contribution in [0.25, 0.3) is 0 Å². The smallest absolute Gasteiger partial charge is 0.317 e. The highest BCUT2D eigenvalue weighted by molar-refractivity contribution is 7.89. The van der Waals surface area contributed by atoms with Crippen molar-refractivity contribution in [1.29, 1.82) is 0 Å². The molecule has 0 aliphatic carbocycles. The van der Waals surface area contributed by atoms with Gasteiger partial charge in [-0.3, -0.25) is 14.6 Å². The van der Waals surface area contributed by atoms with Crippen molar-refractivity contribution < 1.29 is 27.9 Å². The van der Waals surface area contributed by atoms with Gasteiger partial charge in [0.25, 0.3) is 0 Å². The third-order valence-corrected chi connectivity index (χ3v) is 6.17. The number of aliphatic carboxylic acids is 1. The average Bonchev–Trinajstić information content (AvgIpc) is 2.72. The third kappa shape index (κ3) is 9.46. The van der Waals surface area contributed by atoms with E-state index < -0.39 is 34.5 Å². The van der Waals surface area contributed by atoms with Crippen LogP contribution in [0.4, 0.5) is 0 Å².